The number of fused-ring (bicyclic) bond motifs is 1. The van der Waals surface area contributed by atoms with E-state index in [-0.39, 0.29) is 6.04 Å². The first kappa shape index (κ1) is 12.7. The molecule has 19 heavy (non-hydrogen) atoms. The van der Waals surface area contributed by atoms with E-state index in [0.29, 0.717) is 0 Å². The van der Waals surface area contributed by atoms with Crippen molar-refractivity contribution in [1.29, 1.82) is 0 Å². The van der Waals surface area contributed by atoms with Gasteiger partial charge in [0.1, 0.15) is 0 Å². The van der Waals surface area contributed by atoms with Crippen molar-refractivity contribution in [3.8, 4) is 0 Å². The number of benzene rings is 2. The van der Waals surface area contributed by atoms with Crippen LogP contribution in [-0.4, -0.2) is 7.05 Å². The second kappa shape index (κ2) is 5.36. The van der Waals surface area contributed by atoms with E-state index in [1.165, 1.54) is 36.0 Å². The summed E-state index contributed by atoms with van der Waals surface area (Å²) >= 11 is 6.32. The molecular formula is C17H18ClN. The third-order valence-electron chi connectivity index (χ3n) is 3.96. The van der Waals surface area contributed by atoms with E-state index < -0.39 is 0 Å². The van der Waals surface area contributed by atoms with Crippen molar-refractivity contribution in [2.45, 2.75) is 25.3 Å². The fourth-order valence-corrected chi connectivity index (χ4v) is 3.23. The molecule has 2 aromatic rings. The molecule has 2 aromatic carbocycles. The fourth-order valence-electron chi connectivity index (χ4n) is 2.98. The van der Waals surface area contributed by atoms with E-state index in [9.17, 15) is 0 Å². The minimum Gasteiger partial charge on any atom is -0.309 e. The highest BCUT2D eigenvalue weighted by Crippen LogP contribution is 2.31. The summed E-state index contributed by atoms with van der Waals surface area (Å²) in [6.45, 7) is 0. The van der Waals surface area contributed by atoms with Crippen LogP contribution in [0.3, 0.4) is 0 Å². The highest BCUT2D eigenvalue weighted by atomic mass is 35.5. The molecule has 0 fully saturated rings. The predicted molar refractivity (Wildman–Crippen MR) is 80.8 cm³/mol. The zero-order chi connectivity index (χ0) is 13.2. The molecule has 2 heteroatoms. The summed E-state index contributed by atoms with van der Waals surface area (Å²) in [5.74, 6) is 0. The maximum Gasteiger partial charge on any atom is 0.0589 e. The Morgan fingerprint density at radius 1 is 1.05 bits per heavy atom. The van der Waals surface area contributed by atoms with Crippen molar-refractivity contribution in [3.63, 3.8) is 0 Å². The van der Waals surface area contributed by atoms with Gasteiger partial charge in [-0.15, -0.1) is 0 Å². The van der Waals surface area contributed by atoms with Gasteiger partial charge in [-0.2, -0.15) is 0 Å². The van der Waals surface area contributed by atoms with Crippen molar-refractivity contribution in [1.82, 2.24) is 5.32 Å². The molecule has 0 amide bonds. The Labute approximate surface area is 119 Å². The minimum atomic E-state index is 0.166. The highest BCUT2D eigenvalue weighted by Gasteiger charge is 2.17. The lowest BCUT2D eigenvalue weighted by Gasteiger charge is -2.19. The fraction of sp³-hybridized carbons (Fsp3) is 0.294. The van der Waals surface area contributed by atoms with E-state index in [2.05, 4.69) is 29.6 Å². The van der Waals surface area contributed by atoms with Gasteiger partial charge in [0.15, 0.2) is 0 Å². The molecule has 3 rings (SSSR count). The third kappa shape index (κ3) is 2.41. The van der Waals surface area contributed by atoms with Gasteiger partial charge in [-0.1, -0.05) is 48.0 Å². The van der Waals surface area contributed by atoms with E-state index >= 15 is 0 Å². The van der Waals surface area contributed by atoms with Gasteiger partial charge in [0.25, 0.3) is 0 Å². The molecule has 1 aliphatic carbocycles. The average Bonchev–Trinajstić information content (AvgIpc) is 2.89. The van der Waals surface area contributed by atoms with Gasteiger partial charge in [-0.25, -0.2) is 0 Å². The summed E-state index contributed by atoms with van der Waals surface area (Å²) in [5, 5.41) is 4.20. The lowest BCUT2D eigenvalue weighted by molar-refractivity contribution is 0.691. The maximum absolute atomic E-state index is 6.32. The largest absolute Gasteiger partial charge is 0.309 e. The average molecular weight is 272 g/mol. The molecule has 0 saturated heterocycles. The Morgan fingerprint density at radius 2 is 1.84 bits per heavy atom. The van der Waals surface area contributed by atoms with Crippen LogP contribution in [0.25, 0.3) is 0 Å². The van der Waals surface area contributed by atoms with Crippen LogP contribution in [-0.2, 0) is 12.8 Å². The Kier molecular flexibility index (Phi) is 3.58. The number of rotatable bonds is 3. The summed E-state index contributed by atoms with van der Waals surface area (Å²) in [6, 6.07) is 15.1. The second-order valence-electron chi connectivity index (χ2n) is 5.12. The molecule has 98 valence electrons. The summed E-state index contributed by atoms with van der Waals surface area (Å²) in [6.07, 6.45) is 3.73. The SMILES string of the molecule is CNC(c1ccc2c(c1)CCC2)c1ccccc1Cl. The Morgan fingerprint density at radius 3 is 2.63 bits per heavy atom. The normalized spacial score (nSPS) is 15.3. The molecule has 0 aliphatic heterocycles. The summed E-state index contributed by atoms with van der Waals surface area (Å²) in [7, 11) is 1.99. The second-order valence-corrected chi connectivity index (χ2v) is 5.53. The van der Waals surface area contributed by atoms with Crippen molar-refractivity contribution in [2.75, 3.05) is 7.05 Å². The van der Waals surface area contributed by atoms with Gasteiger partial charge in [0.2, 0.25) is 0 Å². The molecule has 0 radical (unpaired) electrons. The number of hydrogen-bond acceptors (Lipinski definition) is 1. The van der Waals surface area contributed by atoms with Crippen molar-refractivity contribution < 1.29 is 0 Å². The first-order valence-corrected chi connectivity index (χ1v) is 7.21. The van der Waals surface area contributed by atoms with Crippen molar-refractivity contribution >= 4 is 11.6 Å². The van der Waals surface area contributed by atoms with Crippen LogP contribution in [0, 0.1) is 0 Å². The lowest BCUT2D eigenvalue weighted by atomic mass is 9.96. The summed E-state index contributed by atoms with van der Waals surface area (Å²) in [4.78, 5) is 0. The Bertz CT molecular complexity index is 592. The van der Waals surface area contributed by atoms with Gasteiger partial charge < -0.3 is 5.32 Å². The topological polar surface area (TPSA) is 12.0 Å². The van der Waals surface area contributed by atoms with Crippen LogP contribution >= 0.6 is 11.6 Å². The van der Waals surface area contributed by atoms with E-state index in [4.69, 9.17) is 11.6 Å². The number of hydrogen-bond donors (Lipinski definition) is 1. The smallest absolute Gasteiger partial charge is 0.0589 e. The zero-order valence-electron chi connectivity index (χ0n) is 11.1. The van der Waals surface area contributed by atoms with Crippen LogP contribution < -0.4 is 5.32 Å². The Hall–Kier alpha value is -1.31. The van der Waals surface area contributed by atoms with E-state index in [0.717, 1.165) is 10.6 Å². The summed E-state index contributed by atoms with van der Waals surface area (Å²) < 4.78 is 0. The third-order valence-corrected chi connectivity index (χ3v) is 4.30. The van der Waals surface area contributed by atoms with Crippen LogP contribution in [0.15, 0.2) is 42.5 Å². The van der Waals surface area contributed by atoms with Gasteiger partial charge >= 0.3 is 0 Å². The minimum absolute atomic E-state index is 0.166. The maximum atomic E-state index is 6.32. The van der Waals surface area contributed by atoms with Crippen LogP contribution in [0.4, 0.5) is 0 Å². The van der Waals surface area contributed by atoms with Crippen LogP contribution in [0.2, 0.25) is 5.02 Å². The number of halogens is 1. The van der Waals surface area contributed by atoms with E-state index in [1.807, 2.05) is 25.2 Å². The predicted octanol–water partition coefficient (Wildman–Crippen LogP) is 4.14. The summed E-state index contributed by atoms with van der Waals surface area (Å²) in [5.41, 5.74) is 5.46. The van der Waals surface area contributed by atoms with Crippen molar-refractivity contribution in [3.05, 3.63) is 69.7 Å². The van der Waals surface area contributed by atoms with Gasteiger partial charge in [-0.3, -0.25) is 0 Å². The molecule has 0 aromatic heterocycles. The molecule has 0 bridgehead atoms. The molecule has 0 heterocycles. The molecule has 1 unspecified atom stereocenters. The lowest BCUT2D eigenvalue weighted by Crippen LogP contribution is -2.18. The first-order chi connectivity index (χ1) is 9.29. The molecule has 1 N–H and O–H groups in total. The van der Waals surface area contributed by atoms with Crippen LogP contribution in [0.5, 0.6) is 0 Å². The Balaban J connectivity index is 2.01. The highest BCUT2D eigenvalue weighted by molar-refractivity contribution is 6.31. The molecular weight excluding hydrogens is 254 g/mol. The van der Waals surface area contributed by atoms with E-state index in [1.54, 1.807) is 0 Å². The van der Waals surface area contributed by atoms with Gasteiger partial charge in [0, 0.05) is 5.02 Å². The molecule has 1 nitrogen and oxygen atoms in total. The molecule has 1 aliphatic rings. The van der Waals surface area contributed by atoms with Gasteiger partial charge in [0.05, 0.1) is 6.04 Å². The number of aryl methyl sites for hydroxylation is 2. The quantitative estimate of drug-likeness (QED) is 0.885. The zero-order valence-corrected chi connectivity index (χ0v) is 11.9. The van der Waals surface area contributed by atoms with Crippen LogP contribution in [0.1, 0.15) is 34.7 Å². The molecule has 1 atom stereocenters. The molecule has 0 spiro atoms. The molecule has 0 saturated carbocycles. The van der Waals surface area contributed by atoms with Crippen molar-refractivity contribution in [2.24, 2.45) is 0 Å². The first-order valence-electron chi connectivity index (χ1n) is 6.83. The number of nitrogens with one attached hydrogen (secondary N) is 1. The van der Waals surface area contributed by atoms with Gasteiger partial charge in [-0.05, 0) is 54.6 Å². The standard InChI is InChI=1S/C17H18ClN/c1-19-17(15-7-2-3-8-16(15)18)14-10-9-12-5-4-6-13(12)11-14/h2-3,7-11,17,19H,4-6H2,1H3. The monoisotopic (exact) mass is 271 g/mol.